The minimum atomic E-state index is -6.41. The Kier molecular flexibility index (Phi) is 6.08. The van der Waals surface area contributed by atoms with Gasteiger partial charge < -0.3 is 0 Å². The molecule has 0 saturated carbocycles. The molecule has 1 aliphatic heterocycles. The van der Waals surface area contributed by atoms with E-state index < -0.39 is 75.8 Å². The summed E-state index contributed by atoms with van der Waals surface area (Å²) in [5.74, 6) is 0. The maximum absolute atomic E-state index is 13.8. The zero-order valence-electron chi connectivity index (χ0n) is 15.5. The van der Waals surface area contributed by atoms with Gasteiger partial charge in [0.15, 0.2) is 0 Å². The molecule has 3 rings (SSSR count). The van der Waals surface area contributed by atoms with Gasteiger partial charge in [-0.1, -0.05) is 0 Å². The molecular weight excluding hydrogens is 685 g/mol. The first-order valence-electron chi connectivity index (χ1n) is 8.48. The third kappa shape index (κ3) is 3.70. The van der Waals surface area contributed by atoms with Gasteiger partial charge >= 0.3 is 185 Å². The van der Waals surface area contributed by atoms with E-state index in [2.05, 4.69) is 2.81 Å². The van der Waals surface area contributed by atoms with Crippen LogP contribution in [0.25, 0.3) is 0 Å². The molecule has 182 valence electrons. The number of fused-ring (bicyclic) bond motifs is 1. The first-order valence-corrected chi connectivity index (χ1v) is 13.4. The number of rotatable bonds is 2. The third-order valence-electron chi connectivity index (χ3n) is 4.86. The van der Waals surface area contributed by atoms with Crippen molar-refractivity contribution in [2.75, 3.05) is 0 Å². The Morgan fingerprint density at radius 3 is 1.52 bits per heavy atom. The summed E-state index contributed by atoms with van der Waals surface area (Å²) in [7, 11) is 0. The van der Waals surface area contributed by atoms with E-state index in [4.69, 9.17) is 0 Å². The van der Waals surface area contributed by atoms with E-state index in [0.29, 0.717) is 18.2 Å². The molecule has 0 atom stereocenters. The molecule has 15 heteroatoms. The Bertz CT molecular complexity index is 1010. The molecule has 0 aliphatic carbocycles. The SMILES string of the molecule is OC(c1cccc[c]1[Bi]1[O]C(C(F)(F)F)(C(F)(F)F)c2cccc[c]21)(C(F)(F)F)C(F)(F)F. The van der Waals surface area contributed by atoms with Gasteiger partial charge in [-0.05, 0) is 0 Å². The van der Waals surface area contributed by atoms with Crippen LogP contribution in [0, 0.1) is 0 Å². The van der Waals surface area contributed by atoms with Gasteiger partial charge in [-0.25, -0.2) is 0 Å². The fourth-order valence-corrected chi connectivity index (χ4v) is 12.6. The standard InChI is InChI=1S/C9H5F6O.C9H4F6O.Bi/c2*10-8(11,12)7(16,9(13,14)15)6-4-2-1-3-5-6;/h1-4,16H;1-4H;/q;-1;+1. The molecule has 1 aliphatic rings. The molecule has 0 radical (unpaired) electrons. The molecule has 0 spiro atoms. The van der Waals surface area contributed by atoms with Crippen LogP contribution in [0.1, 0.15) is 11.1 Å². The molecule has 1 heterocycles. The summed E-state index contributed by atoms with van der Waals surface area (Å²) in [6.45, 7) is 0. The Morgan fingerprint density at radius 2 is 1.06 bits per heavy atom. The van der Waals surface area contributed by atoms with Crippen LogP contribution in [-0.4, -0.2) is 52.0 Å². The number of halogens is 12. The number of aliphatic hydroxyl groups is 1. The fourth-order valence-electron chi connectivity index (χ4n) is 3.36. The average Bonchev–Trinajstić information content (AvgIpc) is 3.02. The molecule has 0 bridgehead atoms. The minimum absolute atomic E-state index is 0.152. The van der Waals surface area contributed by atoms with Crippen LogP contribution in [-0.2, 0) is 14.0 Å². The molecular formula is C18H9BiF12O2. The van der Waals surface area contributed by atoms with Crippen molar-refractivity contribution >= 4 is 28.7 Å². The molecule has 2 aromatic carbocycles. The zero-order valence-corrected chi connectivity index (χ0v) is 18.9. The first-order chi connectivity index (χ1) is 14.8. The van der Waals surface area contributed by atoms with Crippen LogP contribution in [0.4, 0.5) is 52.7 Å². The van der Waals surface area contributed by atoms with Gasteiger partial charge in [-0.2, -0.15) is 0 Å². The van der Waals surface area contributed by atoms with Crippen LogP contribution >= 0.6 is 0 Å². The summed E-state index contributed by atoms with van der Waals surface area (Å²) in [6.07, 6.45) is -25.1. The summed E-state index contributed by atoms with van der Waals surface area (Å²) in [4.78, 5) is 0. The topological polar surface area (TPSA) is 29.5 Å². The van der Waals surface area contributed by atoms with Gasteiger partial charge in [0, 0.05) is 0 Å². The van der Waals surface area contributed by atoms with E-state index in [1.807, 2.05) is 0 Å². The molecule has 0 amide bonds. The Balaban J connectivity index is 2.36. The van der Waals surface area contributed by atoms with E-state index in [0.717, 1.165) is 24.3 Å². The summed E-state index contributed by atoms with van der Waals surface area (Å²) >= 11 is -5.41. The summed E-state index contributed by atoms with van der Waals surface area (Å²) in [5, 5.41) is 9.78. The Labute approximate surface area is 185 Å². The van der Waals surface area contributed by atoms with Gasteiger partial charge in [-0.3, -0.25) is 0 Å². The molecule has 2 nitrogen and oxygen atoms in total. The summed E-state index contributed by atoms with van der Waals surface area (Å²) < 4.78 is 166. The van der Waals surface area contributed by atoms with E-state index >= 15 is 0 Å². The number of hydrogen-bond acceptors (Lipinski definition) is 2. The van der Waals surface area contributed by atoms with Crippen LogP contribution in [0.3, 0.4) is 0 Å². The molecule has 0 fully saturated rings. The van der Waals surface area contributed by atoms with E-state index in [1.165, 1.54) is 0 Å². The summed E-state index contributed by atoms with van der Waals surface area (Å²) in [6, 6.07) is 5.05. The fraction of sp³-hybridized carbons (Fsp3) is 0.333. The van der Waals surface area contributed by atoms with Crippen LogP contribution in [0.2, 0.25) is 0 Å². The Hall–Kier alpha value is -1.60. The number of hydrogen-bond donors (Lipinski definition) is 1. The van der Waals surface area contributed by atoms with Crippen molar-refractivity contribution in [1.29, 1.82) is 0 Å². The monoisotopic (exact) mass is 694 g/mol. The zero-order chi connectivity index (χ0) is 25.3. The average molecular weight is 694 g/mol. The van der Waals surface area contributed by atoms with Gasteiger partial charge in [0.25, 0.3) is 0 Å². The quantitative estimate of drug-likeness (QED) is 0.372. The van der Waals surface area contributed by atoms with Crippen molar-refractivity contribution in [3.63, 3.8) is 0 Å². The van der Waals surface area contributed by atoms with Crippen molar-refractivity contribution in [2.45, 2.75) is 35.9 Å². The van der Waals surface area contributed by atoms with E-state index in [1.54, 1.807) is 0 Å². The van der Waals surface area contributed by atoms with Crippen LogP contribution in [0.15, 0.2) is 48.5 Å². The van der Waals surface area contributed by atoms with E-state index in [9.17, 15) is 57.8 Å². The van der Waals surface area contributed by atoms with Crippen LogP contribution in [0.5, 0.6) is 0 Å². The van der Waals surface area contributed by atoms with Gasteiger partial charge in [0.1, 0.15) is 0 Å². The molecule has 33 heavy (non-hydrogen) atoms. The predicted molar refractivity (Wildman–Crippen MR) is 88.8 cm³/mol. The Morgan fingerprint density at radius 1 is 0.636 bits per heavy atom. The van der Waals surface area contributed by atoms with Crippen LogP contribution < -0.4 is 6.54 Å². The van der Waals surface area contributed by atoms with E-state index in [-0.39, 0.29) is 6.07 Å². The van der Waals surface area contributed by atoms with Crippen molar-refractivity contribution in [3.05, 3.63) is 59.7 Å². The molecule has 0 saturated heterocycles. The molecule has 0 aromatic heterocycles. The molecule has 2 aromatic rings. The predicted octanol–water partition coefficient (Wildman–Crippen LogP) is 4.45. The van der Waals surface area contributed by atoms with Crippen molar-refractivity contribution in [2.24, 2.45) is 0 Å². The second-order valence-electron chi connectivity index (χ2n) is 6.80. The normalized spacial score (nSPS) is 17.8. The number of benzene rings is 2. The maximum atomic E-state index is 13.8. The van der Waals surface area contributed by atoms with Gasteiger partial charge in [0.05, 0.1) is 0 Å². The van der Waals surface area contributed by atoms with Gasteiger partial charge in [-0.15, -0.1) is 0 Å². The van der Waals surface area contributed by atoms with Gasteiger partial charge in [0.2, 0.25) is 0 Å². The third-order valence-corrected chi connectivity index (χ3v) is 13.1. The molecule has 0 unspecified atom stereocenters. The first kappa shape index (κ1) is 26.0. The van der Waals surface area contributed by atoms with Crippen molar-refractivity contribution in [3.8, 4) is 0 Å². The summed E-state index contributed by atoms with van der Waals surface area (Å²) in [5.41, 5.74) is -13.9. The number of alkyl halides is 12. The van der Waals surface area contributed by atoms with Crippen molar-refractivity contribution in [1.82, 2.24) is 0 Å². The second kappa shape index (κ2) is 7.71. The van der Waals surface area contributed by atoms with Crippen molar-refractivity contribution < 1.29 is 60.6 Å². The molecule has 1 N–H and O–H groups in total. The second-order valence-corrected chi connectivity index (χ2v) is 13.5.